The highest BCUT2D eigenvalue weighted by Crippen LogP contribution is 2.34. The van der Waals surface area contributed by atoms with Gasteiger partial charge in [0.2, 0.25) is 0 Å². The predicted molar refractivity (Wildman–Crippen MR) is 74.6 cm³/mol. The van der Waals surface area contributed by atoms with Crippen molar-refractivity contribution in [3.63, 3.8) is 0 Å². The van der Waals surface area contributed by atoms with E-state index in [4.69, 9.17) is 4.74 Å². The molecule has 3 nitrogen and oxygen atoms in total. The summed E-state index contributed by atoms with van der Waals surface area (Å²) in [4.78, 5) is 14.1. The fraction of sp³-hybridized carbons (Fsp3) is 0.188. The molecule has 1 aliphatic heterocycles. The lowest BCUT2D eigenvalue weighted by Crippen LogP contribution is -2.42. The Kier molecular flexibility index (Phi) is 3.14. The Labute approximate surface area is 116 Å². The zero-order valence-electron chi connectivity index (χ0n) is 11.0. The average Bonchev–Trinajstić information content (AvgIpc) is 2.46. The molecule has 0 aromatic heterocycles. The van der Waals surface area contributed by atoms with E-state index in [1.165, 1.54) is 12.1 Å². The van der Waals surface area contributed by atoms with Crippen molar-refractivity contribution in [2.24, 2.45) is 0 Å². The topological polar surface area (TPSA) is 29.5 Å². The van der Waals surface area contributed by atoms with E-state index in [1.807, 2.05) is 25.1 Å². The Bertz CT molecular complexity index is 656. The summed E-state index contributed by atoms with van der Waals surface area (Å²) in [6.07, 6.45) is -0.124. The number of halogens is 1. The Morgan fingerprint density at radius 3 is 2.70 bits per heavy atom. The second-order valence-electron chi connectivity index (χ2n) is 4.79. The number of carbonyl (C=O) groups excluding carboxylic acids is 1. The molecule has 1 aliphatic rings. The summed E-state index contributed by atoms with van der Waals surface area (Å²) in [6.45, 7) is 2.29. The van der Waals surface area contributed by atoms with Crippen molar-refractivity contribution in [2.75, 3.05) is 11.4 Å². The zero-order valence-corrected chi connectivity index (χ0v) is 11.0. The normalized spacial score (nSPS) is 17.3. The van der Waals surface area contributed by atoms with Crippen LogP contribution in [0.3, 0.4) is 0 Å². The molecular weight excluding hydrogens is 257 g/mol. The minimum absolute atomic E-state index is 0.0800. The fourth-order valence-electron chi connectivity index (χ4n) is 2.36. The molecule has 102 valence electrons. The smallest absolute Gasteiger partial charge is 0.261 e. The van der Waals surface area contributed by atoms with E-state index in [-0.39, 0.29) is 17.6 Å². The summed E-state index contributed by atoms with van der Waals surface area (Å²) in [6, 6.07) is 13.3. The Balaban J connectivity index is 2.02. The van der Waals surface area contributed by atoms with Gasteiger partial charge in [-0.3, -0.25) is 4.79 Å². The molecule has 1 heterocycles. The lowest BCUT2D eigenvalue weighted by molar-refractivity contribution is 0.0957. The second kappa shape index (κ2) is 4.96. The third-order valence-electron chi connectivity index (χ3n) is 3.27. The van der Waals surface area contributed by atoms with E-state index in [0.29, 0.717) is 18.0 Å². The van der Waals surface area contributed by atoms with Gasteiger partial charge in [-0.15, -0.1) is 0 Å². The fourth-order valence-corrected chi connectivity index (χ4v) is 2.36. The van der Waals surface area contributed by atoms with E-state index < -0.39 is 5.82 Å². The maximum Gasteiger partial charge on any atom is 0.261 e. The largest absolute Gasteiger partial charge is 0.487 e. The van der Waals surface area contributed by atoms with Gasteiger partial charge in [0.15, 0.2) is 0 Å². The van der Waals surface area contributed by atoms with Gasteiger partial charge in [0.1, 0.15) is 17.7 Å². The first-order valence-electron chi connectivity index (χ1n) is 6.49. The van der Waals surface area contributed by atoms with Crippen molar-refractivity contribution in [3.05, 3.63) is 59.9 Å². The molecule has 20 heavy (non-hydrogen) atoms. The number of anilines is 1. The van der Waals surface area contributed by atoms with Crippen LogP contribution in [0.15, 0.2) is 48.5 Å². The number of ether oxygens (including phenoxy) is 1. The molecule has 0 spiro atoms. The molecule has 4 heteroatoms. The Hall–Kier alpha value is -2.36. The summed E-state index contributed by atoms with van der Waals surface area (Å²) in [5.74, 6) is -0.198. The SMILES string of the molecule is C[C@H]1CN(C(=O)c2ccccc2F)c2ccccc2O1. The van der Waals surface area contributed by atoms with Crippen molar-refractivity contribution in [1.82, 2.24) is 0 Å². The number of hydrogen-bond donors (Lipinski definition) is 0. The standard InChI is InChI=1S/C16H14FNO2/c1-11-10-18(14-8-4-5-9-15(14)20-11)16(19)12-6-2-3-7-13(12)17/h2-9,11H,10H2,1H3/t11-/m0/s1. The maximum absolute atomic E-state index is 13.8. The van der Waals surface area contributed by atoms with Crippen LogP contribution in [0.2, 0.25) is 0 Å². The van der Waals surface area contributed by atoms with Crippen LogP contribution in [0, 0.1) is 5.82 Å². The molecule has 0 N–H and O–H groups in total. The molecule has 2 aromatic rings. The molecule has 0 saturated heterocycles. The third-order valence-corrected chi connectivity index (χ3v) is 3.27. The summed E-state index contributed by atoms with van der Waals surface area (Å²) < 4.78 is 19.5. The molecule has 2 aromatic carbocycles. The molecule has 0 fully saturated rings. The Morgan fingerprint density at radius 1 is 1.20 bits per heavy atom. The molecule has 1 amide bonds. The van der Waals surface area contributed by atoms with Crippen molar-refractivity contribution >= 4 is 11.6 Å². The molecule has 0 unspecified atom stereocenters. The predicted octanol–water partition coefficient (Wildman–Crippen LogP) is 3.25. The van der Waals surface area contributed by atoms with Crippen molar-refractivity contribution in [1.29, 1.82) is 0 Å². The van der Waals surface area contributed by atoms with Crippen molar-refractivity contribution in [2.45, 2.75) is 13.0 Å². The second-order valence-corrected chi connectivity index (χ2v) is 4.79. The average molecular weight is 271 g/mol. The van der Waals surface area contributed by atoms with E-state index in [2.05, 4.69) is 0 Å². The molecule has 1 atom stereocenters. The number of hydrogen-bond acceptors (Lipinski definition) is 2. The van der Waals surface area contributed by atoms with Crippen molar-refractivity contribution < 1.29 is 13.9 Å². The number of benzene rings is 2. The molecule has 0 bridgehead atoms. The van der Waals surface area contributed by atoms with Gasteiger partial charge in [-0.1, -0.05) is 24.3 Å². The maximum atomic E-state index is 13.8. The molecular formula is C16H14FNO2. The molecule has 3 rings (SSSR count). The van der Waals surface area contributed by atoms with E-state index in [0.717, 1.165) is 0 Å². The highest BCUT2D eigenvalue weighted by molar-refractivity contribution is 6.07. The minimum Gasteiger partial charge on any atom is -0.487 e. The first kappa shape index (κ1) is 12.7. The van der Waals surface area contributed by atoms with Crippen LogP contribution in [0.4, 0.5) is 10.1 Å². The van der Waals surface area contributed by atoms with Gasteiger partial charge in [0, 0.05) is 0 Å². The van der Waals surface area contributed by atoms with Crippen LogP contribution < -0.4 is 9.64 Å². The van der Waals surface area contributed by atoms with Gasteiger partial charge >= 0.3 is 0 Å². The van der Waals surface area contributed by atoms with E-state index >= 15 is 0 Å². The quantitative estimate of drug-likeness (QED) is 0.796. The number of carbonyl (C=O) groups is 1. The van der Waals surface area contributed by atoms with Gasteiger partial charge in [-0.25, -0.2) is 4.39 Å². The number of amides is 1. The number of nitrogens with zero attached hydrogens (tertiary/aromatic N) is 1. The summed E-state index contributed by atoms with van der Waals surface area (Å²) >= 11 is 0. The molecule has 0 saturated carbocycles. The van der Waals surface area contributed by atoms with Gasteiger partial charge < -0.3 is 9.64 Å². The monoisotopic (exact) mass is 271 g/mol. The summed E-state index contributed by atoms with van der Waals surface area (Å²) in [5.41, 5.74) is 0.759. The van der Waals surface area contributed by atoms with Crippen LogP contribution in [0.1, 0.15) is 17.3 Å². The lowest BCUT2D eigenvalue weighted by Gasteiger charge is -2.33. The highest BCUT2D eigenvalue weighted by atomic mass is 19.1. The van der Waals surface area contributed by atoms with E-state index in [1.54, 1.807) is 23.1 Å². The third kappa shape index (κ3) is 2.13. The number of rotatable bonds is 1. The van der Waals surface area contributed by atoms with E-state index in [9.17, 15) is 9.18 Å². The lowest BCUT2D eigenvalue weighted by atomic mass is 10.1. The van der Waals surface area contributed by atoms with Crippen LogP contribution in [0.25, 0.3) is 0 Å². The Morgan fingerprint density at radius 2 is 1.90 bits per heavy atom. The van der Waals surface area contributed by atoms with Crippen LogP contribution in [-0.4, -0.2) is 18.6 Å². The van der Waals surface area contributed by atoms with Crippen molar-refractivity contribution in [3.8, 4) is 5.75 Å². The van der Waals surface area contributed by atoms with Gasteiger partial charge in [-0.05, 0) is 31.2 Å². The highest BCUT2D eigenvalue weighted by Gasteiger charge is 2.29. The van der Waals surface area contributed by atoms with Crippen LogP contribution in [0.5, 0.6) is 5.75 Å². The number of para-hydroxylation sites is 2. The van der Waals surface area contributed by atoms with Crippen LogP contribution in [-0.2, 0) is 0 Å². The first-order valence-corrected chi connectivity index (χ1v) is 6.49. The molecule has 0 radical (unpaired) electrons. The van der Waals surface area contributed by atoms with Gasteiger partial charge in [-0.2, -0.15) is 0 Å². The van der Waals surface area contributed by atoms with Gasteiger partial charge in [0.05, 0.1) is 17.8 Å². The first-order chi connectivity index (χ1) is 9.66. The van der Waals surface area contributed by atoms with Crippen LogP contribution >= 0.6 is 0 Å². The zero-order chi connectivity index (χ0) is 14.1. The summed E-state index contributed by atoms with van der Waals surface area (Å²) in [7, 11) is 0. The molecule has 0 aliphatic carbocycles. The summed E-state index contributed by atoms with van der Waals surface area (Å²) in [5, 5.41) is 0. The van der Waals surface area contributed by atoms with Gasteiger partial charge in [0.25, 0.3) is 5.91 Å². The number of fused-ring (bicyclic) bond motifs is 1. The minimum atomic E-state index is -0.505.